The molecule has 0 spiro atoms. The molecule has 0 radical (unpaired) electrons. The Balaban J connectivity index is 2.06. The Labute approximate surface area is 146 Å². The lowest BCUT2D eigenvalue weighted by Crippen LogP contribution is -2.01. The van der Waals surface area contributed by atoms with E-state index >= 15 is 0 Å². The average Bonchev–Trinajstić information content (AvgIpc) is 2.57. The summed E-state index contributed by atoms with van der Waals surface area (Å²) < 4.78 is 9.99. The number of ether oxygens (including phenoxy) is 2. The van der Waals surface area contributed by atoms with Crippen LogP contribution in [0.4, 0.5) is 0 Å². The summed E-state index contributed by atoms with van der Waals surface area (Å²) in [5.74, 6) is 0.244. The van der Waals surface area contributed by atoms with Crippen molar-refractivity contribution in [1.29, 1.82) is 0 Å². The van der Waals surface area contributed by atoms with Crippen molar-refractivity contribution in [3.63, 3.8) is 0 Å². The van der Waals surface area contributed by atoms with Crippen LogP contribution in [0.5, 0.6) is 11.5 Å². The predicted octanol–water partition coefficient (Wildman–Crippen LogP) is 3.16. The normalized spacial score (nSPS) is 11.1. The van der Waals surface area contributed by atoms with Crippen molar-refractivity contribution in [2.24, 2.45) is 0 Å². The molecule has 0 bridgehead atoms. The number of carbonyl (C=O) groups excluding carboxylic acids is 2. The van der Waals surface area contributed by atoms with Crippen LogP contribution in [0.1, 0.15) is 25.0 Å². The van der Waals surface area contributed by atoms with Crippen LogP contribution < -0.4 is 9.47 Å². The molecule has 0 saturated carbocycles. The molecule has 2 rings (SSSR count). The summed E-state index contributed by atoms with van der Waals surface area (Å²) in [7, 11) is 0. The van der Waals surface area contributed by atoms with Gasteiger partial charge >= 0.3 is 11.9 Å². The lowest BCUT2D eigenvalue weighted by atomic mass is 10.0. The summed E-state index contributed by atoms with van der Waals surface area (Å²) in [6, 6.07) is 14.2. The van der Waals surface area contributed by atoms with E-state index in [-0.39, 0.29) is 18.5 Å². The molecule has 0 fully saturated rings. The van der Waals surface area contributed by atoms with Gasteiger partial charge in [0, 0.05) is 13.8 Å². The Morgan fingerprint density at radius 2 is 1.36 bits per heavy atom. The maximum Gasteiger partial charge on any atom is 0.308 e. The Hall–Kier alpha value is -2.92. The predicted molar refractivity (Wildman–Crippen MR) is 94.3 cm³/mol. The third-order valence-corrected chi connectivity index (χ3v) is 3.43. The van der Waals surface area contributed by atoms with Crippen LogP contribution in [0.15, 0.2) is 54.6 Å². The minimum absolute atomic E-state index is 0.0988. The van der Waals surface area contributed by atoms with E-state index in [4.69, 9.17) is 9.47 Å². The Kier molecular flexibility index (Phi) is 6.48. The zero-order valence-electron chi connectivity index (χ0n) is 14.2. The summed E-state index contributed by atoms with van der Waals surface area (Å²) in [4.78, 5) is 21.8. The highest BCUT2D eigenvalue weighted by molar-refractivity contribution is 5.71. The fourth-order valence-electron chi connectivity index (χ4n) is 2.28. The van der Waals surface area contributed by atoms with E-state index in [1.807, 2.05) is 18.2 Å². The van der Waals surface area contributed by atoms with E-state index in [0.29, 0.717) is 17.9 Å². The number of rotatable bonds is 6. The van der Waals surface area contributed by atoms with Gasteiger partial charge in [-0.2, -0.15) is 0 Å². The molecule has 0 atom stereocenters. The van der Waals surface area contributed by atoms with Crippen LogP contribution in [-0.4, -0.2) is 23.7 Å². The highest BCUT2D eigenvalue weighted by atomic mass is 16.5. The van der Waals surface area contributed by atoms with Gasteiger partial charge in [-0.05, 0) is 47.4 Å². The average molecular weight is 340 g/mol. The molecule has 5 nitrogen and oxygen atoms in total. The van der Waals surface area contributed by atoms with E-state index in [1.165, 1.54) is 13.8 Å². The molecule has 0 saturated heterocycles. The molecule has 25 heavy (non-hydrogen) atoms. The molecule has 0 unspecified atom stereocenters. The monoisotopic (exact) mass is 340 g/mol. The van der Waals surface area contributed by atoms with Gasteiger partial charge in [0.1, 0.15) is 11.5 Å². The molecular weight excluding hydrogens is 320 g/mol. The van der Waals surface area contributed by atoms with Crippen molar-refractivity contribution >= 4 is 17.5 Å². The number of aliphatic hydroxyl groups excluding tert-OH is 1. The van der Waals surface area contributed by atoms with Crippen LogP contribution in [0.3, 0.4) is 0 Å². The largest absolute Gasteiger partial charge is 0.427 e. The number of hydrogen-bond donors (Lipinski definition) is 1. The summed E-state index contributed by atoms with van der Waals surface area (Å²) >= 11 is 0. The first kappa shape index (κ1) is 18.4. The first-order valence-electron chi connectivity index (χ1n) is 7.84. The van der Waals surface area contributed by atoms with Gasteiger partial charge in [0.2, 0.25) is 0 Å². The van der Waals surface area contributed by atoms with Crippen molar-refractivity contribution < 1.29 is 24.2 Å². The quantitative estimate of drug-likeness (QED) is 0.646. The summed E-state index contributed by atoms with van der Waals surface area (Å²) in [5.41, 5.74) is 2.66. The smallest absolute Gasteiger partial charge is 0.308 e. The number of aliphatic hydroxyl groups is 1. The first-order chi connectivity index (χ1) is 12.0. The SMILES string of the molecule is CC(=O)Oc1ccc(C/C=C(/CO)c2ccc(OC(C)=O)cc2)cc1. The molecule has 0 heterocycles. The lowest BCUT2D eigenvalue weighted by molar-refractivity contribution is -0.132. The fourth-order valence-corrected chi connectivity index (χ4v) is 2.28. The molecule has 2 aromatic rings. The second-order valence-corrected chi connectivity index (χ2v) is 5.45. The van der Waals surface area contributed by atoms with Crippen LogP contribution in [0.25, 0.3) is 5.57 Å². The minimum atomic E-state index is -0.372. The zero-order valence-corrected chi connectivity index (χ0v) is 14.2. The zero-order chi connectivity index (χ0) is 18.2. The number of esters is 2. The van der Waals surface area contributed by atoms with Crippen LogP contribution >= 0.6 is 0 Å². The molecule has 0 aliphatic heterocycles. The van der Waals surface area contributed by atoms with Gasteiger partial charge in [0.05, 0.1) is 6.61 Å². The van der Waals surface area contributed by atoms with Crippen LogP contribution in [0, 0.1) is 0 Å². The van der Waals surface area contributed by atoms with E-state index in [0.717, 1.165) is 16.7 Å². The van der Waals surface area contributed by atoms with Gasteiger partial charge < -0.3 is 14.6 Å². The summed E-state index contributed by atoms with van der Waals surface area (Å²) in [6.45, 7) is 2.61. The lowest BCUT2D eigenvalue weighted by Gasteiger charge is -2.07. The Bertz CT molecular complexity index is 758. The second kappa shape index (κ2) is 8.80. The number of hydrogen-bond acceptors (Lipinski definition) is 5. The Morgan fingerprint density at radius 3 is 1.80 bits per heavy atom. The summed E-state index contributed by atoms with van der Waals surface area (Å²) in [5, 5.41) is 9.60. The van der Waals surface area contributed by atoms with E-state index in [1.54, 1.807) is 36.4 Å². The van der Waals surface area contributed by atoms with E-state index in [9.17, 15) is 14.7 Å². The highest BCUT2D eigenvalue weighted by Gasteiger charge is 2.03. The maximum atomic E-state index is 10.9. The molecular formula is C20H20O5. The van der Waals surface area contributed by atoms with Crippen molar-refractivity contribution in [3.8, 4) is 11.5 Å². The molecule has 0 aliphatic carbocycles. The Morgan fingerprint density at radius 1 is 0.880 bits per heavy atom. The first-order valence-corrected chi connectivity index (χ1v) is 7.84. The molecule has 130 valence electrons. The fraction of sp³-hybridized carbons (Fsp3) is 0.200. The van der Waals surface area contributed by atoms with Gasteiger partial charge in [0.25, 0.3) is 0 Å². The van der Waals surface area contributed by atoms with Gasteiger partial charge in [-0.15, -0.1) is 0 Å². The van der Waals surface area contributed by atoms with Gasteiger partial charge in [0.15, 0.2) is 0 Å². The molecule has 0 amide bonds. The van der Waals surface area contributed by atoms with Crippen LogP contribution in [0.2, 0.25) is 0 Å². The molecule has 1 N–H and O–H groups in total. The van der Waals surface area contributed by atoms with E-state index < -0.39 is 0 Å². The molecule has 2 aromatic carbocycles. The topological polar surface area (TPSA) is 72.8 Å². The third-order valence-electron chi connectivity index (χ3n) is 3.43. The van der Waals surface area contributed by atoms with Gasteiger partial charge in [-0.3, -0.25) is 9.59 Å². The van der Waals surface area contributed by atoms with E-state index in [2.05, 4.69) is 0 Å². The van der Waals surface area contributed by atoms with Crippen molar-refractivity contribution in [1.82, 2.24) is 0 Å². The van der Waals surface area contributed by atoms with Crippen LogP contribution in [-0.2, 0) is 16.0 Å². The molecule has 5 heteroatoms. The summed E-state index contributed by atoms with van der Waals surface area (Å²) in [6.07, 6.45) is 2.56. The standard InChI is InChI=1S/C20H20O5/c1-14(22)24-19-9-4-16(5-10-19)3-6-18(13-21)17-7-11-20(12-8-17)25-15(2)23/h4-12,21H,3,13H2,1-2H3/b18-6-. The highest BCUT2D eigenvalue weighted by Crippen LogP contribution is 2.20. The second-order valence-electron chi connectivity index (χ2n) is 5.45. The van der Waals surface area contributed by atoms with Gasteiger partial charge in [-0.1, -0.05) is 30.3 Å². The minimum Gasteiger partial charge on any atom is -0.427 e. The maximum absolute atomic E-state index is 10.9. The molecule has 0 aromatic heterocycles. The van der Waals surface area contributed by atoms with Gasteiger partial charge in [-0.25, -0.2) is 0 Å². The third kappa shape index (κ3) is 5.90. The number of allylic oxidation sites excluding steroid dienone is 1. The number of carbonyl (C=O) groups is 2. The van der Waals surface area contributed by atoms with Crippen molar-refractivity contribution in [3.05, 3.63) is 65.7 Å². The van der Waals surface area contributed by atoms with Crippen molar-refractivity contribution in [2.75, 3.05) is 6.61 Å². The van der Waals surface area contributed by atoms with Crippen molar-refractivity contribution in [2.45, 2.75) is 20.3 Å². The molecule has 0 aliphatic rings. The number of benzene rings is 2.